The van der Waals surface area contributed by atoms with E-state index in [2.05, 4.69) is 0 Å². The zero-order valence-electron chi connectivity index (χ0n) is 12.5. The zero-order chi connectivity index (χ0) is 14.8. The van der Waals surface area contributed by atoms with Crippen LogP contribution in [0.3, 0.4) is 0 Å². The van der Waals surface area contributed by atoms with Crippen molar-refractivity contribution in [3.8, 4) is 11.5 Å². The first-order valence-corrected chi connectivity index (χ1v) is 8.09. The lowest BCUT2D eigenvalue weighted by molar-refractivity contribution is -0.125. The van der Waals surface area contributed by atoms with Gasteiger partial charge >= 0.3 is 0 Å². The Hall–Kier alpha value is -1.51. The molecule has 2 bridgehead atoms. The minimum atomic E-state index is -0.209. The molecule has 3 atom stereocenters. The molecule has 21 heavy (non-hydrogen) atoms. The molecule has 112 valence electrons. The number of aryl methyl sites for hydroxylation is 1. The highest BCUT2D eigenvalue weighted by molar-refractivity contribution is 5.82. The first-order valence-electron chi connectivity index (χ1n) is 8.09. The van der Waals surface area contributed by atoms with Gasteiger partial charge in [0.25, 0.3) is 0 Å². The summed E-state index contributed by atoms with van der Waals surface area (Å²) in [4.78, 5) is 12.2. The maximum Gasteiger partial charge on any atom is 0.161 e. The van der Waals surface area contributed by atoms with Gasteiger partial charge in [-0.2, -0.15) is 0 Å². The number of hydrogen-bond donors (Lipinski definition) is 2. The van der Waals surface area contributed by atoms with E-state index in [9.17, 15) is 15.0 Å². The smallest absolute Gasteiger partial charge is 0.161 e. The van der Waals surface area contributed by atoms with Crippen LogP contribution in [-0.2, 0) is 16.6 Å². The first-order chi connectivity index (χ1) is 10.0. The molecule has 0 aromatic heterocycles. The summed E-state index contributed by atoms with van der Waals surface area (Å²) in [5, 5.41) is 20.6. The first kappa shape index (κ1) is 13.2. The normalized spacial score (nSPS) is 34.2. The van der Waals surface area contributed by atoms with Crippen molar-refractivity contribution < 1.29 is 15.0 Å². The van der Waals surface area contributed by atoms with Crippen LogP contribution in [0.2, 0.25) is 0 Å². The van der Waals surface area contributed by atoms with E-state index in [0.29, 0.717) is 30.5 Å². The van der Waals surface area contributed by atoms with Crippen LogP contribution >= 0.6 is 0 Å². The third kappa shape index (κ3) is 1.63. The number of phenolic OH excluding ortho intramolecular Hbond substituents is 2. The number of hydrogen-bond acceptors (Lipinski definition) is 3. The monoisotopic (exact) mass is 286 g/mol. The Morgan fingerprint density at radius 3 is 2.90 bits per heavy atom. The number of aromatic hydroxyl groups is 2. The number of ketones is 1. The van der Waals surface area contributed by atoms with E-state index in [1.54, 1.807) is 6.07 Å². The van der Waals surface area contributed by atoms with Crippen molar-refractivity contribution in [2.45, 2.75) is 57.3 Å². The highest BCUT2D eigenvalue weighted by Crippen LogP contribution is 2.61. The van der Waals surface area contributed by atoms with E-state index >= 15 is 0 Å². The molecular formula is C18H22O3. The molecule has 3 heteroatoms. The van der Waals surface area contributed by atoms with Gasteiger partial charge in [0, 0.05) is 23.8 Å². The van der Waals surface area contributed by atoms with Crippen LogP contribution in [0, 0.1) is 18.8 Å². The lowest BCUT2D eigenvalue weighted by Crippen LogP contribution is -2.51. The van der Waals surface area contributed by atoms with Crippen LogP contribution in [-0.4, -0.2) is 16.0 Å². The van der Waals surface area contributed by atoms with Gasteiger partial charge in [0.2, 0.25) is 0 Å². The fourth-order valence-electron chi connectivity index (χ4n) is 5.54. The summed E-state index contributed by atoms with van der Waals surface area (Å²) in [6.45, 7) is 2.01. The quantitative estimate of drug-likeness (QED) is 0.719. The molecule has 0 aliphatic heterocycles. The Morgan fingerprint density at radius 2 is 2.10 bits per heavy atom. The number of phenols is 2. The van der Waals surface area contributed by atoms with Crippen LogP contribution in [0.4, 0.5) is 0 Å². The molecule has 3 nitrogen and oxygen atoms in total. The van der Waals surface area contributed by atoms with E-state index in [-0.39, 0.29) is 16.9 Å². The molecule has 3 unspecified atom stereocenters. The van der Waals surface area contributed by atoms with Crippen LogP contribution in [0.15, 0.2) is 6.07 Å². The van der Waals surface area contributed by atoms with Gasteiger partial charge in [-0.25, -0.2) is 0 Å². The number of fused-ring (bicyclic) bond motifs is 1. The van der Waals surface area contributed by atoms with Crippen LogP contribution < -0.4 is 0 Å². The number of carbonyl (C=O) groups is 1. The fraction of sp³-hybridized carbons (Fsp3) is 0.611. The predicted molar refractivity (Wildman–Crippen MR) is 79.6 cm³/mol. The predicted octanol–water partition coefficient (Wildman–Crippen LogP) is 3.37. The summed E-state index contributed by atoms with van der Waals surface area (Å²) in [5.41, 5.74) is 2.96. The van der Waals surface area contributed by atoms with Crippen molar-refractivity contribution in [1.29, 1.82) is 0 Å². The van der Waals surface area contributed by atoms with Gasteiger partial charge in [0.05, 0.1) is 0 Å². The van der Waals surface area contributed by atoms with Crippen molar-refractivity contribution in [1.82, 2.24) is 0 Å². The second-order valence-corrected chi connectivity index (χ2v) is 7.29. The lowest BCUT2D eigenvalue weighted by Gasteiger charge is -2.55. The molecule has 0 saturated heterocycles. The van der Waals surface area contributed by atoms with Gasteiger partial charge in [-0.1, -0.05) is 6.42 Å². The Bertz CT molecular complexity index is 634. The molecule has 3 aliphatic carbocycles. The molecule has 0 spiro atoms. The number of Topliss-reactive ketones (excluding diaryl/α,β-unsaturated/α-hetero) is 1. The number of rotatable bonds is 0. The van der Waals surface area contributed by atoms with Gasteiger partial charge in [0.15, 0.2) is 11.5 Å². The Morgan fingerprint density at radius 1 is 1.29 bits per heavy atom. The molecule has 2 N–H and O–H groups in total. The van der Waals surface area contributed by atoms with Gasteiger partial charge in [-0.3, -0.25) is 4.79 Å². The van der Waals surface area contributed by atoms with E-state index < -0.39 is 0 Å². The molecule has 4 rings (SSSR count). The van der Waals surface area contributed by atoms with E-state index in [4.69, 9.17) is 0 Å². The fourth-order valence-corrected chi connectivity index (χ4v) is 5.54. The third-order valence-electron chi connectivity index (χ3n) is 6.30. The summed E-state index contributed by atoms with van der Waals surface area (Å²) >= 11 is 0. The molecule has 2 fully saturated rings. The molecule has 1 aromatic carbocycles. The summed E-state index contributed by atoms with van der Waals surface area (Å²) in [7, 11) is 0. The minimum absolute atomic E-state index is 0.0265. The van der Waals surface area contributed by atoms with Crippen molar-refractivity contribution in [2.75, 3.05) is 0 Å². The van der Waals surface area contributed by atoms with E-state index in [0.717, 1.165) is 36.8 Å². The highest BCUT2D eigenvalue weighted by atomic mass is 16.3. The molecule has 3 aliphatic rings. The van der Waals surface area contributed by atoms with E-state index in [1.807, 2.05) is 6.92 Å². The van der Waals surface area contributed by atoms with Crippen LogP contribution in [0.1, 0.15) is 55.2 Å². The topological polar surface area (TPSA) is 57.5 Å². The summed E-state index contributed by atoms with van der Waals surface area (Å²) < 4.78 is 0. The molecule has 0 heterocycles. The SMILES string of the molecule is Cc1cc(O)c(O)c2c1CC1CCCC23CC(=O)CCC13. The molecule has 2 saturated carbocycles. The molecule has 0 amide bonds. The number of benzene rings is 1. The summed E-state index contributed by atoms with van der Waals surface area (Å²) in [6.07, 6.45) is 6.54. The van der Waals surface area contributed by atoms with Crippen molar-refractivity contribution in [2.24, 2.45) is 11.8 Å². The van der Waals surface area contributed by atoms with Gasteiger partial charge in [-0.15, -0.1) is 0 Å². The minimum Gasteiger partial charge on any atom is -0.504 e. The van der Waals surface area contributed by atoms with Crippen molar-refractivity contribution >= 4 is 5.78 Å². The Kier molecular flexibility index (Phi) is 2.66. The average molecular weight is 286 g/mol. The highest BCUT2D eigenvalue weighted by Gasteiger charge is 2.54. The van der Waals surface area contributed by atoms with Crippen molar-refractivity contribution in [3.05, 3.63) is 22.8 Å². The molecule has 1 aromatic rings. The largest absolute Gasteiger partial charge is 0.504 e. The number of carbonyl (C=O) groups excluding carboxylic acids is 1. The van der Waals surface area contributed by atoms with Gasteiger partial charge < -0.3 is 10.2 Å². The third-order valence-corrected chi connectivity index (χ3v) is 6.30. The van der Waals surface area contributed by atoms with Crippen LogP contribution in [0.25, 0.3) is 0 Å². The summed E-state index contributed by atoms with van der Waals surface area (Å²) in [6, 6.07) is 1.67. The second-order valence-electron chi connectivity index (χ2n) is 7.29. The van der Waals surface area contributed by atoms with Crippen molar-refractivity contribution in [3.63, 3.8) is 0 Å². The standard InChI is InChI=1S/C18H22O3/c1-10-7-15(20)17(21)16-13(10)8-11-3-2-6-18(16)9-12(19)4-5-14(11)18/h7,11,14,20-21H,2-6,8-9H2,1H3. The Balaban J connectivity index is 2.00. The van der Waals surface area contributed by atoms with Gasteiger partial charge in [0.1, 0.15) is 5.78 Å². The molecule has 0 radical (unpaired) electrons. The van der Waals surface area contributed by atoms with E-state index in [1.165, 1.54) is 12.0 Å². The zero-order valence-corrected chi connectivity index (χ0v) is 12.5. The summed E-state index contributed by atoms with van der Waals surface area (Å²) in [5.74, 6) is 1.47. The molecular weight excluding hydrogens is 264 g/mol. The van der Waals surface area contributed by atoms with Crippen LogP contribution in [0.5, 0.6) is 11.5 Å². The van der Waals surface area contributed by atoms with Gasteiger partial charge in [-0.05, 0) is 61.6 Å². The maximum absolute atomic E-state index is 12.2. The lowest BCUT2D eigenvalue weighted by atomic mass is 9.48. The average Bonchev–Trinajstić information content (AvgIpc) is 2.43. The Labute approximate surface area is 125 Å². The maximum atomic E-state index is 12.2. The second kappa shape index (κ2) is 4.25.